The highest BCUT2D eigenvalue weighted by atomic mass is 16.5. The van der Waals surface area contributed by atoms with Crippen molar-refractivity contribution >= 4 is 5.82 Å². The second kappa shape index (κ2) is 8.66. The molecular formula is C23H27N7O2. The summed E-state index contributed by atoms with van der Waals surface area (Å²) >= 11 is 0. The second-order valence-corrected chi connectivity index (χ2v) is 8.35. The molecule has 2 aliphatic heterocycles. The minimum absolute atomic E-state index is 0.455. The highest BCUT2D eigenvalue weighted by Gasteiger charge is 2.35. The third-order valence-corrected chi connectivity index (χ3v) is 6.45. The molecule has 5 rings (SSSR count). The van der Waals surface area contributed by atoms with E-state index in [0.717, 1.165) is 24.2 Å². The number of hydrogen-bond acceptors (Lipinski definition) is 9. The lowest BCUT2D eigenvalue weighted by atomic mass is 9.98. The number of aromatic nitrogens is 5. The molecule has 2 fully saturated rings. The van der Waals surface area contributed by atoms with Crippen molar-refractivity contribution in [3.05, 3.63) is 36.7 Å². The lowest BCUT2D eigenvalue weighted by molar-refractivity contribution is 0.353. The van der Waals surface area contributed by atoms with Gasteiger partial charge in [-0.2, -0.15) is 0 Å². The minimum atomic E-state index is 0.455. The first-order valence-electron chi connectivity index (χ1n) is 10.9. The predicted molar refractivity (Wildman–Crippen MR) is 121 cm³/mol. The molecule has 2 saturated heterocycles. The van der Waals surface area contributed by atoms with Gasteiger partial charge in [-0.15, -0.1) is 10.2 Å². The van der Waals surface area contributed by atoms with Gasteiger partial charge in [-0.3, -0.25) is 0 Å². The summed E-state index contributed by atoms with van der Waals surface area (Å²) < 4.78 is 10.7. The summed E-state index contributed by atoms with van der Waals surface area (Å²) in [6, 6.07) is 11.3. The first-order valence-corrected chi connectivity index (χ1v) is 10.9. The van der Waals surface area contributed by atoms with Crippen molar-refractivity contribution in [1.29, 1.82) is 0 Å². The number of nitrogens with zero attached hydrogens (tertiary/aromatic N) is 6. The molecule has 3 aromatic rings. The lowest BCUT2D eigenvalue weighted by Gasteiger charge is -2.36. The van der Waals surface area contributed by atoms with E-state index in [1.807, 2.05) is 24.3 Å². The number of methoxy groups -OCH3 is 2. The fourth-order valence-electron chi connectivity index (χ4n) is 4.71. The van der Waals surface area contributed by atoms with Gasteiger partial charge in [0.1, 0.15) is 12.0 Å². The normalized spacial score (nSPS) is 21.9. The largest absolute Gasteiger partial charge is 0.481 e. The third kappa shape index (κ3) is 3.95. The van der Waals surface area contributed by atoms with Gasteiger partial charge >= 0.3 is 0 Å². The molecule has 0 saturated carbocycles. The molecule has 0 aromatic carbocycles. The van der Waals surface area contributed by atoms with E-state index in [2.05, 4.69) is 42.4 Å². The van der Waals surface area contributed by atoms with Crippen LogP contribution in [0.3, 0.4) is 0 Å². The second-order valence-electron chi connectivity index (χ2n) is 8.35. The van der Waals surface area contributed by atoms with Crippen molar-refractivity contribution in [2.24, 2.45) is 0 Å². The van der Waals surface area contributed by atoms with Gasteiger partial charge < -0.3 is 19.7 Å². The fraction of sp³-hybridized carbons (Fsp3) is 0.435. The van der Waals surface area contributed by atoms with Crippen LogP contribution in [-0.2, 0) is 0 Å². The monoisotopic (exact) mass is 433 g/mol. The molecule has 3 atom stereocenters. The maximum Gasteiger partial charge on any atom is 0.223 e. The van der Waals surface area contributed by atoms with Crippen molar-refractivity contribution < 1.29 is 9.47 Å². The predicted octanol–water partition coefficient (Wildman–Crippen LogP) is 2.73. The zero-order valence-electron chi connectivity index (χ0n) is 18.5. The topological polar surface area (TPSA) is 98.2 Å². The molecule has 0 aliphatic carbocycles. The molecule has 5 heterocycles. The van der Waals surface area contributed by atoms with Crippen molar-refractivity contribution in [2.75, 3.05) is 26.2 Å². The molecule has 166 valence electrons. The zero-order valence-corrected chi connectivity index (χ0v) is 18.5. The number of ether oxygens (including phenoxy) is 2. The van der Waals surface area contributed by atoms with E-state index < -0.39 is 0 Å². The van der Waals surface area contributed by atoms with Crippen LogP contribution in [0.25, 0.3) is 22.6 Å². The Morgan fingerprint density at radius 2 is 1.69 bits per heavy atom. The van der Waals surface area contributed by atoms with Gasteiger partial charge in [0.15, 0.2) is 5.82 Å². The Bertz CT molecular complexity index is 1080. The van der Waals surface area contributed by atoms with E-state index >= 15 is 0 Å². The van der Waals surface area contributed by atoms with E-state index in [0.29, 0.717) is 47.0 Å². The Hall–Kier alpha value is -3.33. The maximum absolute atomic E-state index is 5.53. The summed E-state index contributed by atoms with van der Waals surface area (Å²) in [5.41, 5.74) is 2.81. The summed E-state index contributed by atoms with van der Waals surface area (Å²) in [6.07, 6.45) is 6.33. The van der Waals surface area contributed by atoms with Crippen LogP contribution in [0.15, 0.2) is 36.7 Å². The Morgan fingerprint density at radius 3 is 2.38 bits per heavy atom. The van der Waals surface area contributed by atoms with E-state index in [4.69, 9.17) is 9.47 Å². The van der Waals surface area contributed by atoms with Gasteiger partial charge in [0.25, 0.3) is 0 Å². The third-order valence-electron chi connectivity index (χ3n) is 6.45. The van der Waals surface area contributed by atoms with Gasteiger partial charge in [0.2, 0.25) is 11.8 Å². The number of rotatable bonds is 6. The highest BCUT2D eigenvalue weighted by molar-refractivity contribution is 5.69. The molecule has 3 aromatic heterocycles. The Balaban J connectivity index is 1.36. The summed E-state index contributed by atoms with van der Waals surface area (Å²) in [5.74, 6) is 1.82. The van der Waals surface area contributed by atoms with Crippen molar-refractivity contribution in [3.63, 3.8) is 0 Å². The van der Waals surface area contributed by atoms with E-state index in [9.17, 15) is 0 Å². The van der Waals surface area contributed by atoms with Crippen LogP contribution in [-0.4, -0.2) is 64.5 Å². The SMILES string of the molecule is COc1cc(-c2ccc(-c3ccc(N(C)[C@@H]4C[C@H]5CC[C@@H](C4)N5)nn3)nc2OC)ncn1. The first kappa shape index (κ1) is 20.6. The number of hydrogen-bond donors (Lipinski definition) is 1. The van der Waals surface area contributed by atoms with Crippen LogP contribution >= 0.6 is 0 Å². The standard InChI is InChI=1S/C23H27N7O2/c1-30(16-10-14-4-5-15(11-16)26-14)21-9-8-19(28-29-21)18-7-6-17(23(27-18)32-3)20-12-22(31-2)25-13-24-20/h6-9,12-16,26H,4-5,10-11H2,1-3H3/t14-,15+,16-. The van der Waals surface area contributed by atoms with E-state index in [1.165, 1.54) is 19.2 Å². The van der Waals surface area contributed by atoms with Gasteiger partial charge in [-0.05, 0) is 49.9 Å². The minimum Gasteiger partial charge on any atom is -0.481 e. The van der Waals surface area contributed by atoms with Crippen molar-refractivity contribution in [1.82, 2.24) is 30.5 Å². The molecule has 2 aliphatic rings. The average Bonchev–Trinajstić information content (AvgIpc) is 3.20. The number of anilines is 1. The summed E-state index contributed by atoms with van der Waals surface area (Å²) in [7, 11) is 5.27. The average molecular weight is 434 g/mol. The van der Waals surface area contributed by atoms with Crippen LogP contribution < -0.4 is 19.7 Å². The molecule has 32 heavy (non-hydrogen) atoms. The smallest absolute Gasteiger partial charge is 0.223 e. The van der Waals surface area contributed by atoms with E-state index in [-0.39, 0.29) is 0 Å². The quantitative estimate of drug-likeness (QED) is 0.629. The van der Waals surface area contributed by atoms with Gasteiger partial charge in [0, 0.05) is 31.2 Å². The Morgan fingerprint density at radius 1 is 0.906 bits per heavy atom. The number of fused-ring (bicyclic) bond motifs is 2. The summed E-state index contributed by atoms with van der Waals surface area (Å²) in [4.78, 5) is 15.3. The van der Waals surface area contributed by atoms with Crippen LogP contribution in [0.5, 0.6) is 11.8 Å². The van der Waals surface area contributed by atoms with Crippen LogP contribution in [0, 0.1) is 0 Å². The molecular weight excluding hydrogens is 406 g/mol. The van der Waals surface area contributed by atoms with Crippen LogP contribution in [0.2, 0.25) is 0 Å². The number of nitrogens with one attached hydrogen (secondary N) is 1. The van der Waals surface area contributed by atoms with Crippen LogP contribution in [0.4, 0.5) is 5.82 Å². The van der Waals surface area contributed by atoms with Crippen molar-refractivity contribution in [3.8, 4) is 34.4 Å². The molecule has 0 unspecified atom stereocenters. The fourth-order valence-corrected chi connectivity index (χ4v) is 4.71. The molecule has 9 nitrogen and oxygen atoms in total. The molecule has 2 bridgehead atoms. The number of pyridine rings is 1. The summed E-state index contributed by atoms with van der Waals surface area (Å²) in [5, 5.41) is 12.6. The van der Waals surface area contributed by atoms with Crippen LogP contribution in [0.1, 0.15) is 25.7 Å². The summed E-state index contributed by atoms with van der Waals surface area (Å²) in [6.45, 7) is 0. The lowest BCUT2D eigenvalue weighted by Crippen LogP contribution is -2.47. The van der Waals surface area contributed by atoms with Gasteiger partial charge in [-0.1, -0.05) is 0 Å². The zero-order chi connectivity index (χ0) is 22.1. The Labute approximate surface area is 187 Å². The van der Waals surface area contributed by atoms with E-state index in [1.54, 1.807) is 20.3 Å². The molecule has 0 spiro atoms. The molecule has 0 amide bonds. The Kier molecular flexibility index (Phi) is 5.57. The molecule has 1 N–H and O–H groups in total. The maximum atomic E-state index is 5.53. The molecule has 9 heteroatoms. The van der Waals surface area contributed by atoms with Gasteiger partial charge in [0.05, 0.1) is 31.2 Å². The van der Waals surface area contributed by atoms with Gasteiger partial charge in [-0.25, -0.2) is 15.0 Å². The first-order chi connectivity index (χ1) is 15.6. The number of piperidine rings is 1. The highest BCUT2D eigenvalue weighted by Crippen LogP contribution is 2.32. The van der Waals surface area contributed by atoms with Crippen molar-refractivity contribution in [2.45, 2.75) is 43.8 Å². The molecule has 0 radical (unpaired) electrons.